The largest absolute Gasteiger partial charge is 0.457 e. The molecule has 4 rings (SSSR count). The molecular formula is C27H17Cl4N3O3S. The van der Waals surface area contributed by atoms with E-state index in [0.29, 0.717) is 43.5 Å². The summed E-state index contributed by atoms with van der Waals surface area (Å²) in [7, 11) is 0. The van der Waals surface area contributed by atoms with Crippen LogP contribution in [-0.2, 0) is 4.79 Å². The lowest BCUT2D eigenvalue weighted by Crippen LogP contribution is -2.32. The molecule has 192 valence electrons. The summed E-state index contributed by atoms with van der Waals surface area (Å²) in [4.78, 5) is 24.7. The number of hydrogen-bond acceptors (Lipinski definition) is 4. The Hall–Kier alpha value is -3.33. The molecular weight excluding hydrogens is 588 g/mol. The van der Waals surface area contributed by atoms with E-state index in [0.717, 1.165) is 5.56 Å². The highest BCUT2D eigenvalue weighted by Crippen LogP contribution is 2.29. The van der Waals surface area contributed by atoms with Gasteiger partial charge in [0.1, 0.15) is 11.5 Å². The van der Waals surface area contributed by atoms with Gasteiger partial charge >= 0.3 is 0 Å². The van der Waals surface area contributed by atoms with Gasteiger partial charge in [-0.25, -0.2) is 0 Å². The van der Waals surface area contributed by atoms with E-state index >= 15 is 0 Å². The summed E-state index contributed by atoms with van der Waals surface area (Å²) in [5, 5.41) is 9.98. The fourth-order valence-corrected chi connectivity index (χ4v) is 4.52. The van der Waals surface area contributed by atoms with Crippen molar-refractivity contribution in [2.45, 2.75) is 0 Å². The van der Waals surface area contributed by atoms with Crippen molar-refractivity contribution in [2.24, 2.45) is 0 Å². The number of carbonyl (C=O) groups is 2. The quantitative estimate of drug-likeness (QED) is 0.152. The zero-order valence-corrected chi connectivity index (χ0v) is 23.1. The first kappa shape index (κ1) is 27.7. The van der Waals surface area contributed by atoms with Crippen molar-refractivity contribution < 1.29 is 14.0 Å². The third-order valence-electron chi connectivity index (χ3n) is 4.99. The molecule has 0 saturated heterocycles. The molecule has 0 radical (unpaired) electrons. The zero-order chi connectivity index (χ0) is 27.2. The van der Waals surface area contributed by atoms with Gasteiger partial charge in [0.05, 0.1) is 10.6 Å². The molecule has 0 bridgehead atoms. The molecule has 0 aliphatic carbocycles. The molecule has 0 aliphatic rings. The molecule has 4 aromatic rings. The number of benzene rings is 3. The molecule has 3 aromatic carbocycles. The van der Waals surface area contributed by atoms with Crippen molar-refractivity contribution in [3.8, 4) is 11.3 Å². The van der Waals surface area contributed by atoms with Crippen LogP contribution < -0.4 is 16.0 Å². The second-order valence-corrected chi connectivity index (χ2v) is 9.92. The van der Waals surface area contributed by atoms with Gasteiger partial charge in [-0.05, 0) is 91.1 Å². The van der Waals surface area contributed by atoms with E-state index in [4.69, 9.17) is 63.0 Å². The third-order valence-corrected chi connectivity index (χ3v) is 6.17. The molecule has 3 N–H and O–H groups in total. The maximum Gasteiger partial charge on any atom is 0.257 e. The molecule has 0 saturated carbocycles. The number of nitrogens with one attached hydrogen (secondary N) is 3. The van der Waals surface area contributed by atoms with Gasteiger partial charge in [0.15, 0.2) is 5.11 Å². The lowest BCUT2D eigenvalue weighted by Gasteiger charge is -2.10. The molecule has 0 unspecified atom stereocenters. The summed E-state index contributed by atoms with van der Waals surface area (Å²) >= 11 is 29.2. The van der Waals surface area contributed by atoms with Crippen LogP contribution in [0.3, 0.4) is 0 Å². The molecule has 0 spiro atoms. The van der Waals surface area contributed by atoms with Crippen molar-refractivity contribution in [2.75, 3.05) is 10.6 Å². The van der Waals surface area contributed by atoms with E-state index in [2.05, 4.69) is 16.0 Å². The number of hydrogen-bond donors (Lipinski definition) is 3. The minimum atomic E-state index is -0.449. The Morgan fingerprint density at radius 2 is 1.42 bits per heavy atom. The van der Waals surface area contributed by atoms with Crippen LogP contribution >= 0.6 is 58.6 Å². The van der Waals surface area contributed by atoms with E-state index in [1.807, 2.05) is 0 Å². The van der Waals surface area contributed by atoms with Crippen LogP contribution in [0.25, 0.3) is 17.4 Å². The Morgan fingerprint density at radius 3 is 2.08 bits per heavy atom. The van der Waals surface area contributed by atoms with Gasteiger partial charge in [0.2, 0.25) is 5.91 Å². The molecule has 0 atom stereocenters. The highest BCUT2D eigenvalue weighted by molar-refractivity contribution is 7.80. The van der Waals surface area contributed by atoms with Crippen LogP contribution in [-0.4, -0.2) is 16.9 Å². The smallest absolute Gasteiger partial charge is 0.257 e. The summed E-state index contributed by atoms with van der Waals surface area (Å²) in [6.07, 6.45) is 2.81. The predicted molar refractivity (Wildman–Crippen MR) is 158 cm³/mol. The van der Waals surface area contributed by atoms with Gasteiger partial charge < -0.3 is 15.1 Å². The fraction of sp³-hybridized carbons (Fsp3) is 0. The van der Waals surface area contributed by atoms with Crippen LogP contribution in [0.4, 0.5) is 11.4 Å². The van der Waals surface area contributed by atoms with Crippen LogP contribution in [0.2, 0.25) is 20.1 Å². The summed E-state index contributed by atoms with van der Waals surface area (Å²) in [5.41, 5.74) is 2.17. The lowest BCUT2D eigenvalue weighted by molar-refractivity contribution is -0.115. The molecule has 0 aliphatic heterocycles. The lowest BCUT2D eigenvalue weighted by atomic mass is 10.2. The number of furan rings is 1. The van der Waals surface area contributed by atoms with E-state index in [9.17, 15) is 9.59 Å². The molecule has 1 heterocycles. The Kier molecular flexibility index (Phi) is 9.09. The minimum absolute atomic E-state index is 0.0954. The molecule has 11 heteroatoms. The summed E-state index contributed by atoms with van der Waals surface area (Å²) in [6, 6.07) is 19.9. The van der Waals surface area contributed by atoms with Gasteiger partial charge in [0, 0.05) is 38.1 Å². The van der Waals surface area contributed by atoms with Crippen LogP contribution in [0, 0.1) is 0 Å². The maximum atomic E-state index is 12.4. The fourth-order valence-electron chi connectivity index (χ4n) is 3.28. The number of amides is 2. The first-order chi connectivity index (χ1) is 18.2. The topological polar surface area (TPSA) is 83.4 Å². The Bertz CT molecular complexity index is 1530. The first-order valence-corrected chi connectivity index (χ1v) is 12.8. The second kappa shape index (κ2) is 12.5. The summed E-state index contributed by atoms with van der Waals surface area (Å²) < 4.78 is 5.73. The summed E-state index contributed by atoms with van der Waals surface area (Å²) in [6.45, 7) is 0. The molecule has 1 aromatic heterocycles. The molecule has 38 heavy (non-hydrogen) atoms. The second-order valence-electron chi connectivity index (χ2n) is 7.79. The molecule has 2 amide bonds. The van der Waals surface area contributed by atoms with Gasteiger partial charge in [-0.1, -0.05) is 46.4 Å². The normalized spacial score (nSPS) is 10.8. The predicted octanol–water partition coefficient (Wildman–Crippen LogP) is 8.34. The zero-order valence-electron chi connectivity index (χ0n) is 19.2. The number of carbonyl (C=O) groups excluding carboxylic acids is 2. The molecule has 6 nitrogen and oxygen atoms in total. The minimum Gasteiger partial charge on any atom is -0.457 e. The van der Waals surface area contributed by atoms with Gasteiger partial charge in [0.25, 0.3) is 5.91 Å². The van der Waals surface area contributed by atoms with Gasteiger partial charge in [-0.2, -0.15) is 0 Å². The molecule has 0 fully saturated rings. The van der Waals surface area contributed by atoms with E-state index < -0.39 is 5.91 Å². The first-order valence-electron chi connectivity index (χ1n) is 10.9. The van der Waals surface area contributed by atoms with Crippen molar-refractivity contribution in [3.05, 3.63) is 110 Å². The SMILES string of the molecule is O=C(/C=C/c1ccc(-c2cc(Cl)cc(Cl)c2)o1)NC(=S)Nc1ccc(NC(=O)c2ccc(Cl)cc2Cl)cc1. The number of anilines is 2. The van der Waals surface area contributed by atoms with Crippen LogP contribution in [0.5, 0.6) is 0 Å². The number of halogens is 4. The van der Waals surface area contributed by atoms with Gasteiger partial charge in [-0.15, -0.1) is 0 Å². The monoisotopic (exact) mass is 603 g/mol. The Morgan fingerprint density at radius 1 is 0.763 bits per heavy atom. The van der Waals surface area contributed by atoms with E-state index in [1.165, 1.54) is 18.2 Å². The van der Waals surface area contributed by atoms with Crippen molar-refractivity contribution in [1.82, 2.24) is 5.32 Å². The van der Waals surface area contributed by atoms with Crippen LogP contribution in [0.15, 0.2) is 83.3 Å². The highest BCUT2D eigenvalue weighted by atomic mass is 35.5. The Balaban J connectivity index is 1.29. The van der Waals surface area contributed by atoms with Crippen molar-refractivity contribution in [1.29, 1.82) is 0 Å². The Labute approximate surface area is 243 Å². The standard InChI is InChI=1S/C27H17Cl4N3O3S/c28-16-1-8-22(23(31)14-16)26(36)32-19-2-4-20(5-3-19)33-27(38)34-25(35)10-7-21-6-9-24(37-21)15-11-17(29)13-18(30)12-15/h1-14H,(H,32,36)(H2,33,34,35,38)/b10-7+. The van der Waals surface area contributed by atoms with Crippen molar-refractivity contribution >= 4 is 93.0 Å². The van der Waals surface area contributed by atoms with Crippen LogP contribution in [0.1, 0.15) is 16.1 Å². The third kappa shape index (κ3) is 7.60. The maximum absolute atomic E-state index is 12.4. The van der Waals surface area contributed by atoms with Crippen molar-refractivity contribution in [3.63, 3.8) is 0 Å². The highest BCUT2D eigenvalue weighted by Gasteiger charge is 2.11. The van der Waals surface area contributed by atoms with E-state index in [1.54, 1.807) is 66.7 Å². The average Bonchev–Trinajstić information content (AvgIpc) is 3.32. The number of rotatable bonds is 6. The van der Waals surface area contributed by atoms with E-state index in [-0.39, 0.29) is 16.0 Å². The summed E-state index contributed by atoms with van der Waals surface area (Å²) in [5.74, 6) is 0.196. The average molecular weight is 605 g/mol. The van der Waals surface area contributed by atoms with Gasteiger partial charge in [-0.3, -0.25) is 14.9 Å². The number of thiocarbonyl (C=S) groups is 1.